The van der Waals surface area contributed by atoms with Crippen LogP contribution in [0, 0.1) is 0 Å². The van der Waals surface area contributed by atoms with Gasteiger partial charge in [0.15, 0.2) is 0 Å². The fourth-order valence-corrected chi connectivity index (χ4v) is 5.17. The quantitative estimate of drug-likeness (QED) is 0.278. The summed E-state index contributed by atoms with van der Waals surface area (Å²) >= 11 is 0. The third-order valence-corrected chi connectivity index (χ3v) is 7.17. The maximum absolute atomic E-state index is 13.2. The number of phenolic OH excluding ortho intramolecular Hbond substituents is 2. The van der Waals surface area contributed by atoms with E-state index in [2.05, 4.69) is 4.72 Å². The SMILES string of the molecule is COc1ccc(S(=O)(=O)Nc2cc(-c3cccc4ccc(O)cc34)c(O)c3ccccc23)cc1. The van der Waals surface area contributed by atoms with Crippen molar-refractivity contribution in [1.29, 1.82) is 0 Å². The van der Waals surface area contributed by atoms with E-state index < -0.39 is 10.0 Å². The van der Waals surface area contributed by atoms with Gasteiger partial charge in [-0.2, -0.15) is 0 Å². The van der Waals surface area contributed by atoms with Gasteiger partial charge in [0.1, 0.15) is 17.2 Å². The molecule has 0 atom stereocenters. The molecule has 0 saturated carbocycles. The molecule has 0 bridgehead atoms. The number of phenols is 2. The van der Waals surface area contributed by atoms with Gasteiger partial charge >= 0.3 is 0 Å². The van der Waals surface area contributed by atoms with Crippen molar-refractivity contribution in [1.82, 2.24) is 0 Å². The van der Waals surface area contributed by atoms with Crippen molar-refractivity contribution >= 4 is 37.3 Å². The van der Waals surface area contributed by atoms with E-state index in [0.717, 1.165) is 10.8 Å². The molecule has 7 heteroatoms. The average molecular weight is 472 g/mol. The van der Waals surface area contributed by atoms with Gasteiger partial charge in [-0.3, -0.25) is 4.72 Å². The molecule has 6 nitrogen and oxygen atoms in total. The number of nitrogens with one attached hydrogen (secondary N) is 1. The number of methoxy groups -OCH3 is 1. The van der Waals surface area contributed by atoms with Gasteiger partial charge in [0, 0.05) is 16.3 Å². The first-order chi connectivity index (χ1) is 16.4. The molecule has 0 amide bonds. The van der Waals surface area contributed by atoms with Gasteiger partial charge in [-0.25, -0.2) is 8.42 Å². The average Bonchev–Trinajstić information content (AvgIpc) is 2.85. The first-order valence-electron chi connectivity index (χ1n) is 10.5. The Bertz CT molecular complexity index is 1640. The first-order valence-corrected chi connectivity index (χ1v) is 12.0. The van der Waals surface area contributed by atoms with Gasteiger partial charge in [0.25, 0.3) is 10.0 Å². The number of rotatable bonds is 5. The lowest BCUT2D eigenvalue weighted by Crippen LogP contribution is -2.13. The number of anilines is 1. The lowest BCUT2D eigenvalue weighted by Gasteiger charge is -2.16. The standard InChI is InChI=1S/C27H21NO5S/c1-33-19-11-13-20(14-12-19)34(31,32)28-26-16-25(27(30)23-7-3-2-6-22(23)26)21-8-4-5-17-9-10-18(29)15-24(17)21/h2-16,28-30H,1H3. The number of fused-ring (bicyclic) bond motifs is 2. The first kappa shape index (κ1) is 21.6. The minimum atomic E-state index is -3.92. The van der Waals surface area contributed by atoms with E-state index in [1.807, 2.05) is 18.2 Å². The second kappa shape index (κ2) is 8.28. The summed E-state index contributed by atoms with van der Waals surface area (Å²) in [6.45, 7) is 0. The van der Waals surface area contributed by atoms with Gasteiger partial charge in [0.05, 0.1) is 17.7 Å². The topological polar surface area (TPSA) is 95.9 Å². The summed E-state index contributed by atoms with van der Waals surface area (Å²) in [5.74, 6) is 0.676. The molecule has 170 valence electrons. The van der Waals surface area contributed by atoms with Crippen LogP contribution in [0.2, 0.25) is 0 Å². The van der Waals surface area contributed by atoms with Crippen molar-refractivity contribution < 1.29 is 23.4 Å². The van der Waals surface area contributed by atoms with Crippen LogP contribution in [0.3, 0.4) is 0 Å². The summed E-state index contributed by atoms with van der Waals surface area (Å²) in [6, 6.07) is 25.4. The summed E-state index contributed by atoms with van der Waals surface area (Å²) in [4.78, 5) is 0.0853. The van der Waals surface area contributed by atoms with E-state index in [0.29, 0.717) is 33.3 Å². The second-order valence-electron chi connectivity index (χ2n) is 7.86. The summed E-state index contributed by atoms with van der Waals surface area (Å²) < 4.78 is 34.2. The van der Waals surface area contributed by atoms with Gasteiger partial charge < -0.3 is 14.9 Å². The molecule has 0 aromatic heterocycles. The van der Waals surface area contributed by atoms with E-state index in [1.54, 1.807) is 60.7 Å². The number of benzene rings is 5. The Hall–Kier alpha value is -4.23. The summed E-state index contributed by atoms with van der Waals surface area (Å²) in [5, 5.41) is 23.9. The highest BCUT2D eigenvalue weighted by atomic mass is 32.2. The molecule has 0 spiro atoms. The fourth-order valence-electron chi connectivity index (χ4n) is 4.10. The van der Waals surface area contributed by atoms with Crippen LogP contribution >= 0.6 is 0 Å². The van der Waals surface area contributed by atoms with Crippen molar-refractivity contribution in [2.75, 3.05) is 11.8 Å². The van der Waals surface area contributed by atoms with Gasteiger partial charge in [-0.1, -0.05) is 48.5 Å². The van der Waals surface area contributed by atoms with Crippen LogP contribution in [0.25, 0.3) is 32.7 Å². The Morgan fingerprint density at radius 2 is 1.47 bits per heavy atom. The van der Waals surface area contributed by atoms with Crippen molar-refractivity contribution in [3.05, 3.63) is 91.0 Å². The highest BCUT2D eigenvalue weighted by Crippen LogP contribution is 2.43. The zero-order chi connectivity index (χ0) is 23.9. The van der Waals surface area contributed by atoms with Crippen LogP contribution in [-0.4, -0.2) is 25.7 Å². The third-order valence-electron chi connectivity index (χ3n) is 5.79. The Labute approximate surface area is 196 Å². The molecule has 0 aliphatic heterocycles. The predicted octanol–water partition coefficient (Wildman–Crippen LogP) is 5.88. The summed E-state index contributed by atoms with van der Waals surface area (Å²) in [7, 11) is -2.41. The smallest absolute Gasteiger partial charge is 0.261 e. The number of aromatic hydroxyl groups is 2. The third kappa shape index (κ3) is 3.76. The summed E-state index contributed by atoms with van der Waals surface area (Å²) in [5.41, 5.74) is 1.44. The van der Waals surface area contributed by atoms with Crippen LogP contribution in [0.1, 0.15) is 0 Å². The molecule has 0 heterocycles. The van der Waals surface area contributed by atoms with Crippen LogP contribution in [0.4, 0.5) is 5.69 Å². The molecule has 0 unspecified atom stereocenters. The van der Waals surface area contributed by atoms with Crippen molar-refractivity contribution in [2.45, 2.75) is 4.90 Å². The fraction of sp³-hybridized carbons (Fsp3) is 0.0370. The maximum Gasteiger partial charge on any atom is 0.261 e. The van der Waals surface area contributed by atoms with E-state index in [1.165, 1.54) is 19.2 Å². The molecule has 5 rings (SSSR count). The van der Waals surface area contributed by atoms with Crippen molar-refractivity contribution in [2.24, 2.45) is 0 Å². The van der Waals surface area contributed by atoms with Crippen molar-refractivity contribution in [3.8, 4) is 28.4 Å². The Morgan fingerprint density at radius 3 is 2.21 bits per heavy atom. The van der Waals surface area contributed by atoms with Crippen LogP contribution in [-0.2, 0) is 10.0 Å². The minimum Gasteiger partial charge on any atom is -0.508 e. The molecular weight excluding hydrogens is 450 g/mol. The highest BCUT2D eigenvalue weighted by Gasteiger charge is 2.20. The van der Waals surface area contributed by atoms with Gasteiger partial charge in [-0.05, 0) is 58.8 Å². The number of hydrogen-bond acceptors (Lipinski definition) is 5. The van der Waals surface area contributed by atoms with Crippen LogP contribution in [0.15, 0.2) is 95.9 Å². The normalized spacial score (nSPS) is 11.6. The number of ether oxygens (including phenoxy) is 1. The molecule has 0 fully saturated rings. The molecule has 3 N–H and O–H groups in total. The monoisotopic (exact) mass is 471 g/mol. The number of sulfonamides is 1. The lowest BCUT2D eigenvalue weighted by atomic mass is 9.94. The molecule has 0 radical (unpaired) electrons. The molecule has 5 aromatic rings. The van der Waals surface area contributed by atoms with E-state index in [-0.39, 0.29) is 16.4 Å². The Balaban J connectivity index is 1.71. The molecule has 34 heavy (non-hydrogen) atoms. The molecule has 0 aliphatic carbocycles. The molecule has 0 saturated heterocycles. The van der Waals surface area contributed by atoms with Crippen LogP contribution in [0.5, 0.6) is 17.2 Å². The Morgan fingerprint density at radius 1 is 0.735 bits per heavy atom. The maximum atomic E-state index is 13.2. The van der Waals surface area contributed by atoms with Crippen molar-refractivity contribution in [3.63, 3.8) is 0 Å². The zero-order valence-electron chi connectivity index (χ0n) is 18.2. The van der Waals surface area contributed by atoms with E-state index in [9.17, 15) is 18.6 Å². The largest absolute Gasteiger partial charge is 0.508 e. The Kier molecular flexibility index (Phi) is 5.26. The highest BCUT2D eigenvalue weighted by molar-refractivity contribution is 7.92. The zero-order valence-corrected chi connectivity index (χ0v) is 19.0. The summed E-state index contributed by atoms with van der Waals surface area (Å²) in [6.07, 6.45) is 0. The van der Waals surface area contributed by atoms with E-state index in [4.69, 9.17) is 4.74 Å². The lowest BCUT2D eigenvalue weighted by molar-refractivity contribution is 0.414. The van der Waals surface area contributed by atoms with Gasteiger partial charge in [-0.15, -0.1) is 0 Å². The molecule has 0 aliphatic rings. The molecular formula is C27H21NO5S. The minimum absolute atomic E-state index is 0.0267. The second-order valence-corrected chi connectivity index (χ2v) is 9.54. The van der Waals surface area contributed by atoms with Crippen LogP contribution < -0.4 is 9.46 Å². The predicted molar refractivity (Wildman–Crippen MR) is 134 cm³/mol. The van der Waals surface area contributed by atoms with Gasteiger partial charge in [0.2, 0.25) is 0 Å². The molecule has 5 aromatic carbocycles. The number of hydrogen-bond donors (Lipinski definition) is 3. The van der Waals surface area contributed by atoms with E-state index >= 15 is 0 Å².